The van der Waals surface area contributed by atoms with E-state index in [0.29, 0.717) is 31.7 Å². The maximum Gasteiger partial charge on any atom is 0.253 e. The van der Waals surface area contributed by atoms with Crippen LogP contribution in [0.3, 0.4) is 0 Å². The lowest BCUT2D eigenvalue weighted by atomic mass is 9.80. The zero-order valence-corrected chi connectivity index (χ0v) is 16.5. The van der Waals surface area contributed by atoms with Gasteiger partial charge in [0.1, 0.15) is 5.75 Å². The Morgan fingerprint density at radius 2 is 1.97 bits per heavy atom. The molecule has 0 aromatic heterocycles. The molecule has 1 saturated heterocycles. The van der Waals surface area contributed by atoms with Gasteiger partial charge in [0.25, 0.3) is 5.91 Å². The Morgan fingerprint density at radius 3 is 2.69 bits per heavy atom. The predicted octanol–water partition coefficient (Wildman–Crippen LogP) is 3.53. The van der Waals surface area contributed by atoms with E-state index in [1.807, 2.05) is 31.2 Å². The molecule has 29 heavy (non-hydrogen) atoms. The van der Waals surface area contributed by atoms with Crippen LogP contribution in [-0.2, 0) is 11.3 Å². The number of rotatable bonds is 5. The molecule has 154 valence electrons. The van der Waals surface area contributed by atoms with Crippen molar-refractivity contribution >= 4 is 11.8 Å². The van der Waals surface area contributed by atoms with Crippen molar-refractivity contribution in [1.29, 1.82) is 0 Å². The Morgan fingerprint density at radius 1 is 1.17 bits per heavy atom. The van der Waals surface area contributed by atoms with Gasteiger partial charge in [-0.2, -0.15) is 0 Å². The second-order valence-corrected chi connectivity index (χ2v) is 7.55. The zero-order valence-electron chi connectivity index (χ0n) is 16.5. The first kappa shape index (κ1) is 20.8. The number of methoxy groups -OCH3 is 1. The van der Waals surface area contributed by atoms with E-state index < -0.39 is 23.0 Å². The first-order chi connectivity index (χ1) is 13.8. The molecule has 1 heterocycles. The molecule has 7 heteroatoms. The summed E-state index contributed by atoms with van der Waals surface area (Å²) < 4.78 is 31.8. The molecule has 2 amide bonds. The van der Waals surface area contributed by atoms with Gasteiger partial charge in [0.2, 0.25) is 5.91 Å². The summed E-state index contributed by atoms with van der Waals surface area (Å²) in [6, 6.07) is 10.5. The van der Waals surface area contributed by atoms with Gasteiger partial charge in [0, 0.05) is 25.2 Å². The summed E-state index contributed by atoms with van der Waals surface area (Å²) in [5, 5.41) is 2.93. The van der Waals surface area contributed by atoms with E-state index in [9.17, 15) is 18.4 Å². The number of amides is 2. The van der Waals surface area contributed by atoms with Gasteiger partial charge in [0.15, 0.2) is 11.6 Å². The van der Waals surface area contributed by atoms with E-state index in [1.54, 1.807) is 7.11 Å². The van der Waals surface area contributed by atoms with Crippen LogP contribution in [0.4, 0.5) is 8.78 Å². The number of hydrogen-bond acceptors (Lipinski definition) is 3. The Hall–Kier alpha value is -2.96. The van der Waals surface area contributed by atoms with E-state index in [4.69, 9.17) is 4.74 Å². The van der Waals surface area contributed by atoms with Crippen molar-refractivity contribution in [2.24, 2.45) is 5.41 Å². The second kappa shape index (κ2) is 8.59. The molecule has 0 saturated carbocycles. The lowest BCUT2D eigenvalue weighted by Gasteiger charge is -2.39. The van der Waals surface area contributed by atoms with Gasteiger partial charge in [-0.25, -0.2) is 8.78 Å². The summed E-state index contributed by atoms with van der Waals surface area (Å²) in [6.07, 6.45) is 1.29. The molecule has 1 aliphatic rings. The van der Waals surface area contributed by atoms with Crippen LogP contribution in [0.1, 0.15) is 35.7 Å². The molecule has 0 radical (unpaired) electrons. The summed E-state index contributed by atoms with van der Waals surface area (Å²) >= 11 is 0. The van der Waals surface area contributed by atoms with E-state index in [2.05, 4.69) is 5.32 Å². The van der Waals surface area contributed by atoms with Crippen LogP contribution in [-0.4, -0.2) is 36.9 Å². The Bertz CT molecular complexity index is 919. The van der Waals surface area contributed by atoms with E-state index >= 15 is 0 Å². The maximum absolute atomic E-state index is 13.5. The van der Waals surface area contributed by atoms with Crippen molar-refractivity contribution in [3.8, 4) is 5.75 Å². The third-order valence-corrected chi connectivity index (χ3v) is 5.29. The molecule has 0 spiro atoms. The summed E-state index contributed by atoms with van der Waals surface area (Å²) in [7, 11) is 1.58. The van der Waals surface area contributed by atoms with Crippen molar-refractivity contribution < 1.29 is 23.1 Å². The fraction of sp³-hybridized carbons (Fsp3) is 0.364. The van der Waals surface area contributed by atoms with Crippen LogP contribution in [0, 0.1) is 17.0 Å². The molecule has 0 aliphatic carbocycles. The van der Waals surface area contributed by atoms with Gasteiger partial charge in [-0.1, -0.05) is 12.1 Å². The summed E-state index contributed by atoms with van der Waals surface area (Å²) in [4.78, 5) is 27.1. The molecule has 1 fully saturated rings. The predicted molar refractivity (Wildman–Crippen MR) is 104 cm³/mol. The first-order valence-electron chi connectivity index (χ1n) is 9.48. The lowest BCUT2D eigenvalue weighted by molar-refractivity contribution is -0.132. The van der Waals surface area contributed by atoms with Crippen molar-refractivity contribution in [3.63, 3.8) is 0 Å². The fourth-order valence-corrected chi connectivity index (χ4v) is 3.59. The average molecular weight is 402 g/mol. The van der Waals surface area contributed by atoms with Crippen LogP contribution < -0.4 is 10.1 Å². The van der Waals surface area contributed by atoms with E-state index in [1.165, 1.54) is 11.0 Å². The van der Waals surface area contributed by atoms with Gasteiger partial charge < -0.3 is 15.0 Å². The average Bonchev–Trinajstić information content (AvgIpc) is 2.73. The van der Waals surface area contributed by atoms with Gasteiger partial charge in [-0.05, 0) is 55.7 Å². The molecule has 1 aliphatic heterocycles. The maximum atomic E-state index is 13.5. The molecule has 2 aromatic rings. The molecule has 3 rings (SSSR count). The molecular weight excluding hydrogens is 378 g/mol. The molecule has 0 unspecified atom stereocenters. The summed E-state index contributed by atoms with van der Waals surface area (Å²) in [6.45, 7) is 2.85. The number of ether oxygens (including phenoxy) is 1. The lowest BCUT2D eigenvalue weighted by Crippen LogP contribution is -2.51. The monoisotopic (exact) mass is 402 g/mol. The summed E-state index contributed by atoms with van der Waals surface area (Å²) in [5.74, 6) is -1.91. The Balaban J connectivity index is 1.66. The van der Waals surface area contributed by atoms with Crippen LogP contribution in [0.2, 0.25) is 0 Å². The normalized spacial score (nSPS) is 19.0. The largest absolute Gasteiger partial charge is 0.497 e. The fourth-order valence-electron chi connectivity index (χ4n) is 3.59. The zero-order chi connectivity index (χ0) is 21.0. The number of carbonyl (C=O) groups excluding carboxylic acids is 2. The second-order valence-electron chi connectivity index (χ2n) is 7.55. The first-order valence-corrected chi connectivity index (χ1v) is 9.48. The Kier molecular flexibility index (Phi) is 6.15. The van der Waals surface area contributed by atoms with E-state index in [-0.39, 0.29) is 18.0 Å². The van der Waals surface area contributed by atoms with Gasteiger partial charge in [0.05, 0.1) is 12.5 Å². The smallest absolute Gasteiger partial charge is 0.253 e. The molecule has 2 aromatic carbocycles. The minimum absolute atomic E-state index is 0.0740. The quantitative estimate of drug-likeness (QED) is 0.832. The third-order valence-electron chi connectivity index (χ3n) is 5.29. The van der Waals surface area contributed by atoms with Gasteiger partial charge >= 0.3 is 0 Å². The minimum Gasteiger partial charge on any atom is -0.497 e. The van der Waals surface area contributed by atoms with Crippen LogP contribution >= 0.6 is 0 Å². The molecule has 5 nitrogen and oxygen atoms in total. The van der Waals surface area contributed by atoms with Crippen LogP contribution in [0.5, 0.6) is 5.75 Å². The third kappa shape index (κ3) is 4.72. The number of halogens is 2. The molecule has 1 N–H and O–H groups in total. The number of nitrogens with zero attached hydrogens (tertiary/aromatic N) is 1. The highest BCUT2D eigenvalue weighted by Gasteiger charge is 2.39. The number of nitrogens with one attached hydrogen (secondary N) is 1. The highest BCUT2D eigenvalue weighted by atomic mass is 19.2. The molecule has 1 atom stereocenters. The van der Waals surface area contributed by atoms with Crippen molar-refractivity contribution in [2.45, 2.75) is 26.3 Å². The SMILES string of the molecule is COc1cccc(CNC(=O)[C@@]2(C)CCCN(C(=O)c3ccc(F)c(F)c3)C2)c1. The molecular formula is C22H24F2N2O3. The number of likely N-dealkylation sites (tertiary alicyclic amines) is 1. The topological polar surface area (TPSA) is 58.6 Å². The Labute approximate surface area is 168 Å². The van der Waals surface area contributed by atoms with E-state index in [0.717, 1.165) is 17.7 Å². The van der Waals surface area contributed by atoms with Gasteiger partial charge in [-0.15, -0.1) is 0 Å². The van der Waals surface area contributed by atoms with Crippen LogP contribution in [0.25, 0.3) is 0 Å². The standard InChI is InChI=1S/C22H24F2N2O3/c1-22(21(28)25-13-15-5-3-6-17(11-15)29-2)9-4-10-26(14-22)20(27)16-7-8-18(23)19(24)12-16/h3,5-8,11-12H,4,9-10,13-14H2,1-2H3,(H,25,28)/t22-/m0/s1. The molecule has 0 bridgehead atoms. The summed E-state index contributed by atoms with van der Waals surface area (Å²) in [5.41, 5.74) is 0.225. The number of hydrogen-bond donors (Lipinski definition) is 1. The highest BCUT2D eigenvalue weighted by Crippen LogP contribution is 2.31. The van der Waals surface area contributed by atoms with Crippen molar-refractivity contribution in [1.82, 2.24) is 10.2 Å². The van der Waals surface area contributed by atoms with Crippen molar-refractivity contribution in [3.05, 3.63) is 65.2 Å². The van der Waals surface area contributed by atoms with Crippen LogP contribution in [0.15, 0.2) is 42.5 Å². The van der Waals surface area contributed by atoms with Crippen molar-refractivity contribution in [2.75, 3.05) is 20.2 Å². The number of carbonyl (C=O) groups is 2. The number of benzene rings is 2. The highest BCUT2D eigenvalue weighted by molar-refractivity contribution is 5.95. The minimum atomic E-state index is -1.06. The van der Waals surface area contributed by atoms with Gasteiger partial charge in [-0.3, -0.25) is 9.59 Å². The number of piperidine rings is 1.